The van der Waals surface area contributed by atoms with E-state index in [1.807, 2.05) is 0 Å². The summed E-state index contributed by atoms with van der Waals surface area (Å²) in [4.78, 5) is 21.8. The normalized spacial score (nSPS) is 11.1. The maximum atomic E-state index is 12.1. The Morgan fingerprint density at radius 1 is 1.30 bits per heavy atom. The number of carbonyl (C=O) groups is 2. The van der Waals surface area contributed by atoms with E-state index >= 15 is 0 Å². The molecule has 1 aromatic rings. The summed E-state index contributed by atoms with van der Waals surface area (Å²) in [6.07, 6.45) is 0.00734. The first-order valence-electron chi connectivity index (χ1n) is 5.82. The summed E-state index contributed by atoms with van der Waals surface area (Å²) in [6, 6.07) is 3.86. The van der Waals surface area contributed by atoms with Crippen molar-refractivity contribution in [1.29, 1.82) is 0 Å². The standard InChI is InChI=1S/C12H16N2O5S/c1-8-3-4-9(12(16)17)7-10(8)20(18,19)14-6-5-11(15)13-2/h3-4,7,14H,5-6H2,1-2H3,(H,13,15)(H,16,17). The Kier molecular flexibility index (Phi) is 5.23. The predicted molar refractivity (Wildman–Crippen MR) is 72.0 cm³/mol. The third-order valence-electron chi connectivity index (χ3n) is 2.65. The van der Waals surface area contributed by atoms with Crippen LogP contribution in [0, 0.1) is 6.92 Å². The Hall–Kier alpha value is -1.93. The summed E-state index contributed by atoms with van der Waals surface area (Å²) in [5.41, 5.74) is 0.324. The van der Waals surface area contributed by atoms with Gasteiger partial charge in [-0.15, -0.1) is 0 Å². The number of hydrogen-bond donors (Lipinski definition) is 3. The van der Waals surface area contributed by atoms with Crippen LogP contribution >= 0.6 is 0 Å². The maximum absolute atomic E-state index is 12.1. The highest BCUT2D eigenvalue weighted by molar-refractivity contribution is 7.89. The first-order chi connectivity index (χ1) is 9.27. The van der Waals surface area contributed by atoms with Gasteiger partial charge in [-0.3, -0.25) is 4.79 Å². The summed E-state index contributed by atoms with van der Waals surface area (Å²) >= 11 is 0. The fourth-order valence-corrected chi connectivity index (χ4v) is 2.82. The van der Waals surface area contributed by atoms with Crippen molar-refractivity contribution >= 4 is 21.9 Å². The lowest BCUT2D eigenvalue weighted by atomic mass is 10.1. The van der Waals surface area contributed by atoms with E-state index in [0.29, 0.717) is 5.56 Å². The molecule has 0 aromatic heterocycles. The second-order valence-electron chi connectivity index (χ2n) is 4.11. The lowest BCUT2D eigenvalue weighted by Gasteiger charge is -2.09. The van der Waals surface area contributed by atoms with Gasteiger partial charge in [0.25, 0.3) is 0 Å². The van der Waals surface area contributed by atoms with Crippen LogP contribution in [0.25, 0.3) is 0 Å². The molecule has 7 nitrogen and oxygen atoms in total. The highest BCUT2D eigenvalue weighted by Crippen LogP contribution is 2.17. The molecule has 8 heteroatoms. The SMILES string of the molecule is CNC(=O)CCNS(=O)(=O)c1cc(C(=O)O)ccc1C. The second kappa shape index (κ2) is 6.49. The Morgan fingerprint density at radius 3 is 2.50 bits per heavy atom. The zero-order chi connectivity index (χ0) is 15.3. The molecule has 0 spiro atoms. The van der Waals surface area contributed by atoms with E-state index < -0.39 is 16.0 Å². The van der Waals surface area contributed by atoms with Crippen LogP contribution in [0.15, 0.2) is 23.1 Å². The van der Waals surface area contributed by atoms with Gasteiger partial charge in [-0.05, 0) is 24.6 Å². The molecule has 0 atom stereocenters. The summed E-state index contributed by atoms with van der Waals surface area (Å²) in [7, 11) is -2.39. The molecule has 1 aromatic carbocycles. The molecule has 20 heavy (non-hydrogen) atoms. The van der Waals surface area contributed by atoms with E-state index in [0.717, 1.165) is 6.07 Å². The van der Waals surface area contributed by atoms with Gasteiger partial charge in [-0.1, -0.05) is 6.07 Å². The van der Waals surface area contributed by atoms with E-state index in [4.69, 9.17) is 5.11 Å². The Morgan fingerprint density at radius 2 is 1.95 bits per heavy atom. The van der Waals surface area contributed by atoms with Crippen LogP contribution in [-0.2, 0) is 14.8 Å². The van der Waals surface area contributed by atoms with Gasteiger partial charge in [0.05, 0.1) is 10.5 Å². The number of amides is 1. The van der Waals surface area contributed by atoms with Crippen molar-refractivity contribution < 1.29 is 23.1 Å². The van der Waals surface area contributed by atoms with Crippen molar-refractivity contribution in [2.45, 2.75) is 18.2 Å². The average molecular weight is 300 g/mol. The summed E-state index contributed by atoms with van der Waals surface area (Å²) in [6.45, 7) is 1.51. The fraction of sp³-hybridized carbons (Fsp3) is 0.333. The monoisotopic (exact) mass is 300 g/mol. The van der Waals surface area contributed by atoms with Crippen LogP contribution < -0.4 is 10.0 Å². The molecule has 0 heterocycles. The number of rotatable bonds is 6. The third kappa shape index (κ3) is 4.04. The molecular formula is C12H16N2O5S. The molecule has 0 fully saturated rings. The largest absolute Gasteiger partial charge is 0.478 e. The number of aryl methyl sites for hydroxylation is 1. The van der Waals surface area contributed by atoms with Crippen LogP contribution in [0.2, 0.25) is 0 Å². The number of benzene rings is 1. The predicted octanol–water partition coefficient (Wildman–Crippen LogP) is 0.108. The molecule has 0 saturated carbocycles. The van der Waals surface area contributed by atoms with E-state index in [2.05, 4.69) is 10.0 Å². The first kappa shape index (κ1) is 16.1. The van der Waals surface area contributed by atoms with Gasteiger partial charge < -0.3 is 10.4 Å². The molecule has 0 aliphatic heterocycles. The molecule has 0 aliphatic rings. The minimum atomic E-state index is -3.84. The highest BCUT2D eigenvalue weighted by Gasteiger charge is 2.18. The number of nitrogens with one attached hydrogen (secondary N) is 2. The van der Waals surface area contributed by atoms with Gasteiger partial charge in [-0.2, -0.15) is 0 Å². The molecule has 0 saturated heterocycles. The maximum Gasteiger partial charge on any atom is 0.335 e. The second-order valence-corrected chi connectivity index (χ2v) is 5.84. The molecule has 0 aliphatic carbocycles. The van der Waals surface area contributed by atoms with Gasteiger partial charge in [0.2, 0.25) is 15.9 Å². The quantitative estimate of drug-likeness (QED) is 0.690. The molecule has 0 unspecified atom stereocenters. The minimum Gasteiger partial charge on any atom is -0.478 e. The van der Waals surface area contributed by atoms with Gasteiger partial charge in [0.15, 0.2) is 0 Å². The fourth-order valence-electron chi connectivity index (χ4n) is 1.52. The first-order valence-corrected chi connectivity index (χ1v) is 7.30. The van der Waals surface area contributed by atoms with E-state index in [-0.39, 0.29) is 29.3 Å². The van der Waals surface area contributed by atoms with Gasteiger partial charge in [-0.25, -0.2) is 17.9 Å². The lowest BCUT2D eigenvalue weighted by molar-refractivity contribution is -0.120. The van der Waals surface area contributed by atoms with Gasteiger partial charge in [0.1, 0.15) is 0 Å². The third-order valence-corrected chi connectivity index (χ3v) is 4.25. The molecule has 0 radical (unpaired) electrons. The van der Waals surface area contributed by atoms with Crippen LogP contribution in [0.1, 0.15) is 22.3 Å². The number of sulfonamides is 1. The van der Waals surface area contributed by atoms with Crippen molar-refractivity contribution in [2.24, 2.45) is 0 Å². The minimum absolute atomic E-state index is 0.00734. The number of carboxylic acid groups (broad SMARTS) is 1. The molecule has 110 valence electrons. The van der Waals surface area contributed by atoms with E-state index in [1.54, 1.807) is 6.92 Å². The van der Waals surface area contributed by atoms with Crippen molar-refractivity contribution in [2.75, 3.05) is 13.6 Å². The highest BCUT2D eigenvalue weighted by atomic mass is 32.2. The van der Waals surface area contributed by atoms with Crippen LogP contribution in [-0.4, -0.2) is 39.0 Å². The zero-order valence-electron chi connectivity index (χ0n) is 11.1. The van der Waals surface area contributed by atoms with E-state index in [9.17, 15) is 18.0 Å². The van der Waals surface area contributed by atoms with E-state index in [1.165, 1.54) is 19.2 Å². The smallest absolute Gasteiger partial charge is 0.335 e. The van der Waals surface area contributed by atoms with Gasteiger partial charge in [0, 0.05) is 20.0 Å². The molecule has 1 rings (SSSR count). The van der Waals surface area contributed by atoms with Crippen molar-refractivity contribution in [3.05, 3.63) is 29.3 Å². The van der Waals surface area contributed by atoms with Crippen LogP contribution in [0.5, 0.6) is 0 Å². The zero-order valence-corrected chi connectivity index (χ0v) is 12.0. The number of aromatic carboxylic acids is 1. The lowest BCUT2D eigenvalue weighted by Crippen LogP contribution is -2.29. The number of carboxylic acids is 1. The molecular weight excluding hydrogens is 284 g/mol. The summed E-state index contributed by atoms with van der Waals surface area (Å²) < 4.78 is 26.4. The Balaban J connectivity index is 2.94. The summed E-state index contributed by atoms with van der Waals surface area (Å²) in [5, 5.41) is 11.3. The Labute approximate surface area is 117 Å². The molecule has 0 bridgehead atoms. The summed E-state index contributed by atoms with van der Waals surface area (Å²) in [5.74, 6) is -1.49. The van der Waals surface area contributed by atoms with Crippen molar-refractivity contribution in [3.8, 4) is 0 Å². The van der Waals surface area contributed by atoms with Crippen LogP contribution in [0.3, 0.4) is 0 Å². The van der Waals surface area contributed by atoms with Crippen LogP contribution in [0.4, 0.5) is 0 Å². The topological polar surface area (TPSA) is 113 Å². The van der Waals surface area contributed by atoms with Gasteiger partial charge >= 0.3 is 5.97 Å². The molecule has 1 amide bonds. The van der Waals surface area contributed by atoms with Crippen molar-refractivity contribution in [3.63, 3.8) is 0 Å². The average Bonchev–Trinajstić information content (AvgIpc) is 2.38. The number of carbonyl (C=O) groups excluding carboxylic acids is 1. The van der Waals surface area contributed by atoms with Crippen molar-refractivity contribution in [1.82, 2.24) is 10.0 Å². The molecule has 3 N–H and O–H groups in total. The Bertz CT molecular complexity index is 625. The number of hydrogen-bond acceptors (Lipinski definition) is 4.